The molecule has 0 aliphatic carbocycles. The number of anilines is 1. The third-order valence-corrected chi connectivity index (χ3v) is 4.55. The summed E-state index contributed by atoms with van der Waals surface area (Å²) in [6.45, 7) is 12.4. The minimum absolute atomic E-state index is 0.0260. The average Bonchev–Trinajstić information content (AvgIpc) is 2.55. The SMILES string of the molecule is CCc1cc(CN2CCOCC2)cc(NC(=O)C(C)(C)CC)n1. The summed E-state index contributed by atoms with van der Waals surface area (Å²) in [6, 6.07) is 4.13. The number of nitrogens with one attached hydrogen (secondary N) is 1. The van der Waals surface area contributed by atoms with E-state index < -0.39 is 0 Å². The Morgan fingerprint density at radius 1 is 1.30 bits per heavy atom. The summed E-state index contributed by atoms with van der Waals surface area (Å²) in [5.41, 5.74) is 1.83. The monoisotopic (exact) mass is 319 g/mol. The summed E-state index contributed by atoms with van der Waals surface area (Å²) in [5.74, 6) is 0.692. The predicted molar refractivity (Wildman–Crippen MR) is 92.4 cm³/mol. The molecular weight excluding hydrogens is 290 g/mol. The van der Waals surface area contributed by atoms with Gasteiger partial charge in [-0.2, -0.15) is 0 Å². The van der Waals surface area contributed by atoms with Crippen molar-refractivity contribution in [2.45, 2.75) is 47.1 Å². The molecular formula is C18H29N3O2. The number of pyridine rings is 1. The summed E-state index contributed by atoms with van der Waals surface area (Å²) in [4.78, 5) is 19.3. The maximum Gasteiger partial charge on any atom is 0.231 e. The number of ether oxygens (including phenoxy) is 1. The van der Waals surface area contributed by atoms with E-state index in [1.165, 1.54) is 5.56 Å². The van der Waals surface area contributed by atoms with Crippen LogP contribution in [0.25, 0.3) is 0 Å². The fourth-order valence-electron chi connectivity index (χ4n) is 2.45. The molecule has 1 aliphatic rings. The molecule has 0 spiro atoms. The third-order valence-electron chi connectivity index (χ3n) is 4.55. The smallest absolute Gasteiger partial charge is 0.231 e. The highest BCUT2D eigenvalue weighted by Gasteiger charge is 2.25. The molecule has 0 saturated carbocycles. The lowest BCUT2D eigenvalue weighted by molar-refractivity contribution is -0.124. The van der Waals surface area contributed by atoms with Gasteiger partial charge in [-0.1, -0.05) is 27.7 Å². The van der Waals surface area contributed by atoms with Crippen LogP contribution in [0.3, 0.4) is 0 Å². The molecule has 23 heavy (non-hydrogen) atoms. The van der Waals surface area contributed by atoms with Gasteiger partial charge in [0.1, 0.15) is 5.82 Å². The lowest BCUT2D eigenvalue weighted by Gasteiger charge is -2.27. The largest absolute Gasteiger partial charge is 0.379 e. The van der Waals surface area contributed by atoms with Gasteiger partial charge in [-0.3, -0.25) is 9.69 Å². The Labute approximate surface area is 139 Å². The van der Waals surface area contributed by atoms with Crippen molar-refractivity contribution in [3.63, 3.8) is 0 Å². The molecule has 5 heteroatoms. The quantitative estimate of drug-likeness (QED) is 0.876. The van der Waals surface area contributed by atoms with Crippen LogP contribution in [0.1, 0.15) is 45.4 Å². The van der Waals surface area contributed by atoms with Crippen molar-refractivity contribution in [2.24, 2.45) is 5.41 Å². The number of carbonyl (C=O) groups is 1. The van der Waals surface area contributed by atoms with Gasteiger partial charge in [-0.15, -0.1) is 0 Å². The molecule has 128 valence electrons. The normalized spacial score (nSPS) is 16.3. The summed E-state index contributed by atoms with van der Waals surface area (Å²) < 4.78 is 5.40. The zero-order valence-corrected chi connectivity index (χ0v) is 14.8. The van der Waals surface area contributed by atoms with E-state index in [4.69, 9.17) is 4.74 Å². The van der Waals surface area contributed by atoms with Gasteiger partial charge in [0, 0.05) is 30.7 Å². The topological polar surface area (TPSA) is 54.5 Å². The maximum atomic E-state index is 12.4. The fourth-order valence-corrected chi connectivity index (χ4v) is 2.45. The number of aryl methyl sites for hydroxylation is 1. The van der Waals surface area contributed by atoms with Crippen LogP contribution < -0.4 is 5.32 Å². The highest BCUT2D eigenvalue weighted by atomic mass is 16.5. The van der Waals surface area contributed by atoms with Gasteiger partial charge >= 0.3 is 0 Å². The second-order valence-electron chi connectivity index (χ2n) is 6.79. The molecule has 1 aromatic rings. The highest BCUT2D eigenvalue weighted by molar-refractivity contribution is 5.94. The van der Waals surface area contributed by atoms with Gasteiger partial charge in [-0.05, 0) is 30.5 Å². The minimum atomic E-state index is -0.381. The zero-order chi connectivity index (χ0) is 16.9. The van der Waals surface area contributed by atoms with Crippen LogP contribution in [0.2, 0.25) is 0 Å². The average molecular weight is 319 g/mol. The summed E-state index contributed by atoms with van der Waals surface area (Å²) in [6.07, 6.45) is 1.66. The number of nitrogens with zero attached hydrogens (tertiary/aromatic N) is 2. The molecule has 1 aliphatic heterocycles. The molecule has 1 N–H and O–H groups in total. The molecule has 1 amide bonds. The number of hydrogen-bond donors (Lipinski definition) is 1. The van der Waals surface area contributed by atoms with E-state index in [0.29, 0.717) is 5.82 Å². The molecule has 0 radical (unpaired) electrons. The number of aromatic nitrogens is 1. The van der Waals surface area contributed by atoms with Gasteiger partial charge in [0.25, 0.3) is 0 Å². The predicted octanol–water partition coefficient (Wildman–Crippen LogP) is 2.85. The van der Waals surface area contributed by atoms with Crippen molar-refractivity contribution < 1.29 is 9.53 Å². The van der Waals surface area contributed by atoms with Crippen molar-refractivity contribution in [1.29, 1.82) is 0 Å². The number of morpholine rings is 1. The minimum Gasteiger partial charge on any atom is -0.379 e. The summed E-state index contributed by atoms with van der Waals surface area (Å²) in [5, 5.41) is 2.99. The Kier molecular flexibility index (Phi) is 6.13. The Morgan fingerprint density at radius 3 is 2.61 bits per heavy atom. The van der Waals surface area contributed by atoms with Crippen LogP contribution >= 0.6 is 0 Å². The fraction of sp³-hybridized carbons (Fsp3) is 0.667. The van der Waals surface area contributed by atoms with E-state index in [-0.39, 0.29) is 11.3 Å². The second kappa shape index (κ2) is 7.88. The molecule has 1 aromatic heterocycles. The zero-order valence-electron chi connectivity index (χ0n) is 14.8. The molecule has 1 saturated heterocycles. The van der Waals surface area contributed by atoms with Gasteiger partial charge in [0.05, 0.1) is 13.2 Å². The number of rotatable bonds is 6. The Morgan fingerprint density at radius 2 is 2.00 bits per heavy atom. The van der Waals surface area contributed by atoms with Crippen LogP contribution in [-0.2, 0) is 22.5 Å². The van der Waals surface area contributed by atoms with Crippen molar-refractivity contribution in [1.82, 2.24) is 9.88 Å². The maximum absolute atomic E-state index is 12.4. The number of amides is 1. The number of carbonyl (C=O) groups excluding carboxylic acids is 1. The first-order valence-electron chi connectivity index (χ1n) is 8.56. The van der Waals surface area contributed by atoms with E-state index in [1.807, 2.05) is 26.8 Å². The lowest BCUT2D eigenvalue weighted by Crippen LogP contribution is -2.35. The molecule has 2 rings (SSSR count). The number of hydrogen-bond acceptors (Lipinski definition) is 4. The van der Waals surface area contributed by atoms with Gasteiger partial charge < -0.3 is 10.1 Å². The van der Waals surface area contributed by atoms with E-state index in [0.717, 1.165) is 51.4 Å². The van der Waals surface area contributed by atoms with Crippen molar-refractivity contribution in [3.8, 4) is 0 Å². The van der Waals surface area contributed by atoms with Crippen molar-refractivity contribution >= 4 is 11.7 Å². The molecule has 0 unspecified atom stereocenters. The third kappa shape index (κ3) is 5.01. The van der Waals surface area contributed by atoms with Crippen molar-refractivity contribution in [3.05, 3.63) is 23.4 Å². The van der Waals surface area contributed by atoms with Crippen LogP contribution in [0.4, 0.5) is 5.82 Å². The standard InChI is InChI=1S/C18H29N3O2/c1-5-15-11-14(13-21-7-9-23-10-8-21)12-16(19-15)20-17(22)18(3,4)6-2/h11-12H,5-10,13H2,1-4H3,(H,19,20,22). The Hall–Kier alpha value is -1.46. The van der Waals surface area contributed by atoms with Crippen LogP contribution in [-0.4, -0.2) is 42.1 Å². The highest BCUT2D eigenvalue weighted by Crippen LogP contribution is 2.22. The second-order valence-corrected chi connectivity index (χ2v) is 6.79. The molecule has 0 atom stereocenters. The van der Waals surface area contributed by atoms with E-state index in [1.54, 1.807) is 0 Å². The van der Waals surface area contributed by atoms with Gasteiger partial charge in [0.15, 0.2) is 0 Å². The van der Waals surface area contributed by atoms with Crippen LogP contribution in [0.5, 0.6) is 0 Å². The first-order valence-corrected chi connectivity index (χ1v) is 8.56. The summed E-state index contributed by atoms with van der Waals surface area (Å²) >= 11 is 0. The van der Waals surface area contributed by atoms with E-state index >= 15 is 0 Å². The van der Waals surface area contributed by atoms with Crippen LogP contribution in [0.15, 0.2) is 12.1 Å². The Bertz CT molecular complexity index is 537. The lowest BCUT2D eigenvalue weighted by atomic mass is 9.89. The molecule has 0 bridgehead atoms. The van der Waals surface area contributed by atoms with E-state index in [9.17, 15) is 4.79 Å². The van der Waals surface area contributed by atoms with Crippen molar-refractivity contribution in [2.75, 3.05) is 31.6 Å². The van der Waals surface area contributed by atoms with Gasteiger partial charge in [-0.25, -0.2) is 4.98 Å². The summed E-state index contributed by atoms with van der Waals surface area (Å²) in [7, 11) is 0. The molecule has 2 heterocycles. The van der Waals surface area contributed by atoms with E-state index in [2.05, 4.69) is 28.2 Å². The Balaban J connectivity index is 2.13. The van der Waals surface area contributed by atoms with Crippen LogP contribution in [0, 0.1) is 5.41 Å². The first-order chi connectivity index (χ1) is 10.9. The molecule has 1 fully saturated rings. The molecule has 0 aromatic carbocycles. The van der Waals surface area contributed by atoms with Gasteiger partial charge in [0.2, 0.25) is 5.91 Å². The first kappa shape index (κ1) is 17.9. The molecule has 5 nitrogen and oxygen atoms in total.